The lowest BCUT2D eigenvalue weighted by Crippen LogP contribution is -2.37. The molecule has 1 amide bonds. The molecule has 0 aliphatic heterocycles. The Morgan fingerprint density at radius 1 is 1.35 bits per heavy atom. The average Bonchev–Trinajstić information content (AvgIpc) is 2.74. The van der Waals surface area contributed by atoms with Gasteiger partial charge in [-0.05, 0) is 18.6 Å². The van der Waals surface area contributed by atoms with Gasteiger partial charge in [-0.15, -0.1) is 0 Å². The number of rotatable bonds is 6. The Morgan fingerprint density at radius 3 is 2.74 bits per heavy atom. The molecule has 1 aromatic heterocycles. The largest absolute Gasteiger partial charge is 0.411 e. The number of para-hydroxylation sites is 1. The number of aromatic nitrogens is 1. The molecule has 4 nitrogen and oxygen atoms in total. The number of fused-ring (bicyclic) bond motifs is 1. The van der Waals surface area contributed by atoms with Gasteiger partial charge >= 0.3 is 6.18 Å². The summed E-state index contributed by atoms with van der Waals surface area (Å²) in [6.07, 6.45) is -2.30. The molecule has 1 aromatic carbocycles. The van der Waals surface area contributed by atoms with Crippen molar-refractivity contribution in [3.8, 4) is 0 Å². The lowest BCUT2D eigenvalue weighted by molar-refractivity contribution is -0.175. The molecule has 2 aromatic rings. The van der Waals surface area contributed by atoms with Gasteiger partial charge in [0.25, 0.3) is 0 Å². The van der Waals surface area contributed by atoms with E-state index in [1.54, 1.807) is 6.92 Å². The van der Waals surface area contributed by atoms with E-state index in [-0.39, 0.29) is 18.9 Å². The van der Waals surface area contributed by atoms with Crippen LogP contribution in [0.1, 0.15) is 12.5 Å². The van der Waals surface area contributed by atoms with Gasteiger partial charge in [0.05, 0.1) is 13.0 Å². The number of amides is 1. The molecule has 1 heterocycles. The first-order valence-corrected chi connectivity index (χ1v) is 7.23. The van der Waals surface area contributed by atoms with Crippen LogP contribution >= 0.6 is 0 Å². The maximum Gasteiger partial charge on any atom is 0.411 e. The fourth-order valence-electron chi connectivity index (χ4n) is 2.46. The van der Waals surface area contributed by atoms with Gasteiger partial charge in [0.2, 0.25) is 5.91 Å². The van der Waals surface area contributed by atoms with E-state index in [0.29, 0.717) is 0 Å². The van der Waals surface area contributed by atoms with Gasteiger partial charge in [0, 0.05) is 30.2 Å². The standard InChI is InChI=1S/C16H19F3N2O2/c1-11(9-23-10-16(17,18)19)20-15(22)7-12-8-21(2)14-6-4-3-5-13(12)14/h3-6,8,11H,7,9-10H2,1-2H3,(H,20,22)/t11-/m1/s1. The van der Waals surface area contributed by atoms with Crippen molar-refractivity contribution in [2.45, 2.75) is 25.6 Å². The molecule has 0 saturated carbocycles. The lowest BCUT2D eigenvalue weighted by atomic mass is 10.1. The van der Waals surface area contributed by atoms with Crippen molar-refractivity contribution in [3.63, 3.8) is 0 Å². The Hall–Kier alpha value is -2.02. The number of alkyl halides is 3. The third-order valence-corrected chi connectivity index (χ3v) is 3.37. The zero-order valence-corrected chi connectivity index (χ0v) is 13.0. The summed E-state index contributed by atoms with van der Waals surface area (Å²) in [6.45, 7) is 0.120. The number of ether oxygens (including phenoxy) is 1. The molecule has 0 aliphatic rings. The van der Waals surface area contributed by atoms with Crippen molar-refractivity contribution < 1.29 is 22.7 Å². The predicted octanol–water partition coefficient (Wildman–Crippen LogP) is 2.80. The molecule has 2 rings (SSSR count). The molecule has 0 saturated heterocycles. The summed E-state index contributed by atoms with van der Waals surface area (Å²) < 4.78 is 42.5. The molecular formula is C16H19F3N2O2. The second kappa shape index (κ2) is 7.04. The molecule has 0 bridgehead atoms. The van der Waals surface area contributed by atoms with Crippen LogP contribution in [0.4, 0.5) is 13.2 Å². The molecule has 1 N–H and O–H groups in total. The number of nitrogens with zero attached hydrogens (tertiary/aromatic N) is 1. The maximum absolute atomic E-state index is 12.0. The topological polar surface area (TPSA) is 43.3 Å². The number of carbonyl (C=O) groups excluding carboxylic acids is 1. The summed E-state index contributed by atoms with van der Waals surface area (Å²) in [5.74, 6) is -0.246. The lowest BCUT2D eigenvalue weighted by Gasteiger charge is -2.15. The third kappa shape index (κ3) is 4.99. The summed E-state index contributed by atoms with van der Waals surface area (Å²) in [5.41, 5.74) is 1.90. The number of aryl methyl sites for hydroxylation is 1. The van der Waals surface area contributed by atoms with Crippen molar-refractivity contribution >= 4 is 16.8 Å². The van der Waals surface area contributed by atoms with Gasteiger partial charge in [-0.2, -0.15) is 13.2 Å². The fourth-order valence-corrected chi connectivity index (χ4v) is 2.46. The number of nitrogens with one attached hydrogen (secondary N) is 1. The first-order valence-electron chi connectivity index (χ1n) is 7.23. The van der Waals surface area contributed by atoms with E-state index in [9.17, 15) is 18.0 Å². The van der Waals surface area contributed by atoms with Crippen LogP contribution < -0.4 is 5.32 Å². The molecule has 0 spiro atoms. The molecule has 7 heteroatoms. The smallest absolute Gasteiger partial charge is 0.370 e. The normalized spacial score (nSPS) is 13.3. The predicted molar refractivity (Wildman–Crippen MR) is 81.1 cm³/mol. The Kier molecular flexibility index (Phi) is 5.30. The molecule has 0 aliphatic carbocycles. The maximum atomic E-state index is 12.0. The molecular weight excluding hydrogens is 309 g/mol. The van der Waals surface area contributed by atoms with E-state index in [0.717, 1.165) is 16.5 Å². The minimum atomic E-state index is -4.35. The zero-order valence-electron chi connectivity index (χ0n) is 13.0. The number of hydrogen-bond acceptors (Lipinski definition) is 2. The summed E-state index contributed by atoms with van der Waals surface area (Å²) in [6, 6.07) is 7.24. The highest BCUT2D eigenvalue weighted by molar-refractivity contribution is 5.89. The van der Waals surface area contributed by atoms with Gasteiger partial charge in [-0.3, -0.25) is 4.79 Å². The van der Waals surface area contributed by atoms with Crippen molar-refractivity contribution in [2.24, 2.45) is 7.05 Å². The summed E-state index contributed by atoms with van der Waals surface area (Å²) in [4.78, 5) is 12.0. The molecule has 0 fully saturated rings. The number of benzene rings is 1. The van der Waals surface area contributed by atoms with E-state index < -0.39 is 18.8 Å². The SMILES string of the molecule is C[C@H](COCC(F)(F)F)NC(=O)Cc1cn(C)c2ccccc12. The summed E-state index contributed by atoms with van der Waals surface area (Å²) >= 11 is 0. The molecule has 23 heavy (non-hydrogen) atoms. The minimum Gasteiger partial charge on any atom is -0.370 e. The number of carbonyl (C=O) groups is 1. The van der Waals surface area contributed by atoms with Gasteiger partial charge < -0.3 is 14.6 Å². The number of halogens is 3. The first-order chi connectivity index (χ1) is 10.8. The highest BCUT2D eigenvalue weighted by atomic mass is 19.4. The second-order valence-corrected chi connectivity index (χ2v) is 5.56. The van der Waals surface area contributed by atoms with E-state index in [2.05, 4.69) is 10.1 Å². The van der Waals surface area contributed by atoms with Gasteiger partial charge in [-0.25, -0.2) is 0 Å². The van der Waals surface area contributed by atoms with Gasteiger partial charge in [0.15, 0.2) is 0 Å². The third-order valence-electron chi connectivity index (χ3n) is 3.37. The Morgan fingerprint density at radius 2 is 2.04 bits per heavy atom. The highest BCUT2D eigenvalue weighted by Gasteiger charge is 2.27. The Labute approximate surface area is 132 Å². The van der Waals surface area contributed by atoms with Crippen LogP contribution in [0.5, 0.6) is 0 Å². The highest BCUT2D eigenvalue weighted by Crippen LogP contribution is 2.20. The van der Waals surface area contributed by atoms with Crippen LogP contribution in [0.25, 0.3) is 10.9 Å². The van der Waals surface area contributed by atoms with Gasteiger partial charge in [-0.1, -0.05) is 18.2 Å². The van der Waals surface area contributed by atoms with Crippen LogP contribution in [0.2, 0.25) is 0 Å². The van der Waals surface area contributed by atoms with Crippen LogP contribution in [0.15, 0.2) is 30.5 Å². The van der Waals surface area contributed by atoms with Crippen molar-refractivity contribution in [2.75, 3.05) is 13.2 Å². The first kappa shape index (κ1) is 17.3. The summed E-state index contributed by atoms with van der Waals surface area (Å²) in [7, 11) is 1.90. The van der Waals surface area contributed by atoms with Crippen LogP contribution in [0.3, 0.4) is 0 Å². The molecule has 0 radical (unpaired) electrons. The average molecular weight is 328 g/mol. The van der Waals surface area contributed by atoms with E-state index in [1.807, 2.05) is 42.1 Å². The zero-order chi connectivity index (χ0) is 17.0. The molecule has 126 valence electrons. The molecule has 1 atom stereocenters. The van der Waals surface area contributed by atoms with Crippen LogP contribution in [-0.4, -0.2) is 35.9 Å². The second-order valence-electron chi connectivity index (χ2n) is 5.56. The van der Waals surface area contributed by atoms with E-state index >= 15 is 0 Å². The Bertz CT molecular complexity index is 680. The van der Waals surface area contributed by atoms with Crippen LogP contribution in [0, 0.1) is 0 Å². The van der Waals surface area contributed by atoms with Crippen molar-refractivity contribution in [1.29, 1.82) is 0 Å². The monoisotopic (exact) mass is 328 g/mol. The Balaban J connectivity index is 1.89. The van der Waals surface area contributed by atoms with Crippen LogP contribution in [-0.2, 0) is 23.0 Å². The van der Waals surface area contributed by atoms with Crippen molar-refractivity contribution in [1.82, 2.24) is 9.88 Å². The number of hydrogen-bond donors (Lipinski definition) is 1. The van der Waals surface area contributed by atoms with Crippen molar-refractivity contribution in [3.05, 3.63) is 36.0 Å². The molecule has 0 unspecified atom stereocenters. The quantitative estimate of drug-likeness (QED) is 0.886. The minimum absolute atomic E-state index is 0.172. The van der Waals surface area contributed by atoms with E-state index in [1.165, 1.54) is 0 Å². The van der Waals surface area contributed by atoms with Gasteiger partial charge in [0.1, 0.15) is 6.61 Å². The summed E-state index contributed by atoms with van der Waals surface area (Å²) in [5, 5.41) is 3.64. The fraction of sp³-hybridized carbons (Fsp3) is 0.438. The van der Waals surface area contributed by atoms with E-state index in [4.69, 9.17) is 0 Å².